The predicted octanol–water partition coefficient (Wildman–Crippen LogP) is 0.474. The fourth-order valence-corrected chi connectivity index (χ4v) is 1.50. The monoisotopic (exact) mass is 258 g/mol. The van der Waals surface area contributed by atoms with E-state index >= 15 is 0 Å². The molecule has 0 saturated carbocycles. The Morgan fingerprint density at radius 2 is 2.00 bits per heavy atom. The zero-order valence-electron chi connectivity index (χ0n) is 8.98. The fraction of sp³-hybridized carbons (Fsp3) is 0.364. The molecule has 3 N–H and O–H groups in total. The number of aliphatic hydroxyl groups is 2. The summed E-state index contributed by atoms with van der Waals surface area (Å²) >= 11 is 3.88. The van der Waals surface area contributed by atoms with Crippen LogP contribution >= 0.6 is 12.6 Å². The van der Waals surface area contributed by atoms with Crippen LogP contribution < -0.4 is 4.74 Å². The van der Waals surface area contributed by atoms with Crippen molar-refractivity contribution in [3.63, 3.8) is 0 Å². The molecular weight excluding hydrogens is 244 g/mol. The number of carbonyl (C=O) groups is 1. The van der Waals surface area contributed by atoms with Crippen molar-refractivity contribution in [3.05, 3.63) is 29.8 Å². The van der Waals surface area contributed by atoms with Crippen LogP contribution in [0.15, 0.2) is 24.3 Å². The van der Waals surface area contributed by atoms with Crippen molar-refractivity contribution >= 4 is 18.6 Å². The number of hydrogen-bond donors (Lipinski definition) is 4. The van der Waals surface area contributed by atoms with Gasteiger partial charge in [-0.05, 0) is 6.07 Å². The molecule has 0 aliphatic heterocycles. The molecule has 2 unspecified atom stereocenters. The van der Waals surface area contributed by atoms with Gasteiger partial charge in [0.1, 0.15) is 11.9 Å². The third-order valence-corrected chi connectivity index (χ3v) is 2.51. The summed E-state index contributed by atoms with van der Waals surface area (Å²) in [6, 6.07) is 6.42. The van der Waals surface area contributed by atoms with Gasteiger partial charge in [0.15, 0.2) is 6.61 Å². The van der Waals surface area contributed by atoms with E-state index in [9.17, 15) is 15.0 Å². The Hall–Kier alpha value is -1.24. The Bertz CT molecular complexity index is 382. The molecule has 0 bridgehead atoms. The van der Waals surface area contributed by atoms with Gasteiger partial charge in [-0.25, -0.2) is 4.79 Å². The molecule has 0 spiro atoms. The van der Waals surface area contributed by atoms with Crippen LogP contribution in [0.2, 0.25) is 0 Å². The number of aliphatic carboxylic acids is 1. The minimum Gasteiger partial charge on any atom is -0.482 e. The summed E-state index contributed by atoms with van der Waals surface area (Å²) in [5, 5.41) is 27.8. The van der Waals surface area contributed by atoms with Gasteiger partial charge in [-0.2, -0.15) is 12.6 Å². The molecule has 1 aromatic carbocycles. The zero-order valence-corrected chi connectivity index (χ0v) is 9.88. The van der Waals surface area contributed by atoms with Gasteiger partial charge < -0.3 is 20.1 Å². The average molecular weight is 258 g/mol. The molecular formula is C11H14O5S. The molecule has 1 rings (SSSR count). The zero-order chi connectivity index (χ0) is 12.8. The molecule has 94 valence electrons. The highest BCUT2D eigenvalue weighted by Crippen LogP contribution is 2.27. The van der Waals surface area contributed by atoms with Crippen molar-refractivity contribution in [2.75, 3.05) is 12.4 Å². The molecule has 6 heteroatoms. The topological polar surface area (TPSA) is 87.0 Å². The van der Waals surface area contributed by atoms with Crippen molar-refractivity contribution in [1.29, 1.82) is 0 Å². The smallest absolute Gasteiger partial charge is 0.341 e. The van der Waals surface area contributed by atoms with E-state index in [2.05, 4.69) is 12.6 Å². The van der Waals surface area contributed by atoms with Crippen molar-refractivity contribution in [1.82, 2.24) is 0 Å². The van der Waals surface area contributed by atoms with E-state index in [1.807, 2.05) is 0 Å². The van der Waals surface area contributed by atoms with Crippen LogP contribution in [0.3, 0.4) is 0 Å². The average Bonchev–Trinajstić information content (AvgIpc) is 2.34. The molecule has 1 aromatic rings. The number of carboxylic acids is 1. The summed E-state index contributed by atoms with van der Waals surface area (Å²) < 4.78 is 5.02. The number of thiol groups is 1. The van der Waals surface area contributed by atoms with E-state index in [0.29, 0.717) is 5.56 Å². The maximum atomic E-state index is 10.4. The van der Waals surface area contributed by atoms with E-state index in [0.717, 1.165) is 0 Å². The van der Waals surface area contributed by atoms with Crippen LogP contribution in [0.5, 0.6) is 5.75 Å². The highest BCUT2D eigenvalue weighted by Gasteiger charge is 2.20. The van der Waals surface area contributed by atoms with E-state index < -0.39 is 24.8 Å². The maximum absolute atomic E-state index is 10.4. The molecule has 5 nitrogen and oxygen atoms in total. The van der Waals surface area contributed by atoms with E-state index in [-0.39, 0.29) is 11.5 Å². The summed E-state index contributed by atoms with van der Waals surface area (Å²) in [6.07, 6.45) is -2.19. The number of ether oxygens (including phenoxy) is 1. The number of rotatable bonds is 6. The molecule has 0 aliphatic carbocycles. The number of carboxylic acid groups (broad SMARTS) is 1. The third kappa shape index (κ3) is 3.92. The largest absolute Gasteiger partial charge is 0.482 e. The van der Waals surface area contributed by atoms with Gasteiger partial charge >= 0.3 is 5.97 Å². The van der Waals surface area contributed by atoms with Gasteiger partial charge in [0, 0.05) is 11.3 Å². The van der Waals surface area contributed by atoms with Gasteiger partial charge in [0.25, 0.3) is 0 Å². The van der Waals surface area contributed by atoms with Gasteiger partial charge in [0.05, 0.1) is 6.10 Å². The molecule has 0 aromatic heterocycles. The normalized spacial score (nSPS) is 14.1. The summed E-state index contributed by atoms with van der Waals surface area (Å²) in [4.78, 5) is 10.4. The Kier molecular flexibility index (Phi) is 5.27. The van der Waals surface area contributed by atoms with E-state index in [1.54, 1.807) is 18.2 Å². The van der Waals surface area contributed by atoms with Gasteiger partial charge in [-0.15, -0.1) is 0 Å². The lowest BCUT2D eigenvalue weighted by atomic mass is 10.0. The SMILES string of the molecule is O=C(O)COc1ccccc1C(O)C(O)CS. The molecule has 0 radical (unpaired) electrons. The molecule has 17 heavy (non-hydrogen) atoms. The molecule has 2 atom stereocenters. The van der Waals surface area contributed by atoms with Crippen LogP contribution in [0.4, 0.5) is 0 Å². The van der Waals surface area contributed by atoms with Crippen molar-refractivity contribution in [2.24, 2.45) is 0 Å². The quantitative estimate of drug-likeness (QED) is 0.557. The fourth-order valence-electron chi connectivity index (χ4n) is 1.30. The Morgan fingerprint density at radius 3 is 2.59 bits per heavy atom. The molecule has 0 fully saturated rings. The number of aliphatic hydroxyl groups excluding tert-OH is 2. The lowest BCUT2D eigenvalue weighted by Crippen LogP contribution is -2.21. The van der Waals surface area contributed by atoms with E-state index in [1.165, 1.54) is 6.07 Å². The number of benzene rings is 1. The minimum absolute atomic E-state index is 0.0917. The van der Waals surface area contributed by atoms with Crippen LogP contribution in [0, 0.1) is 0 Å². The third-order valence-electron chi connectivity index (χ3n) is 2.14. The maximum Gasteiger partial charge on any atom is 0.341 e. The van der Waals surface area contributed by atoms with Crippen LogP contribution in [-0.2, 0) is 4.79 Å². The first-order valence-corrected chi connectivity index (χ1v) is 5.60. The number of hydrogen-bond acceptors (Lipinski definition) is 5. The molecule has 0 saturated heterocycles. The van der Waals surface area contributed by atoms with Crippen LogP contribution in [0.25, 0.3) is 0 Å². The summed E-state index contributed by atoms with van der Waals surface area (Å²) in [6.45, 7) is -0.499. The highest BCUT2D eigenvalue weighted by atomic mass is 32.1. The van der Waals surface area contributed by atoms with Gasteiger partial charge in [0.2, 0.25) is 0 Å². The van der Waals surface area contributed by atoms with Crippen molar-refractivity contribution < 1.29 is 24.9 Å². The minimum atomic E-state index is -1.16. The molecule has 0 heterocycles. The Morgan fingerprint density at radius 1 is 1.35 bits per heavy atom. The summed E-state index contributed by atoms with van der Waals surface area (Å²) in [7, 11) is 0. The summed E-state index contributed by atoms with van der Waals surface area (Å²) in [5.74, 6) is -0.777. The lowest BCUT2D eigenvalue weighted by molar-refractivity contribution is -0.139. The second-order valence-corrected chi connectivity index (χ2v) is 3.78. The predicted molar refractivity (Wildman–Crippen MR) is 64.4 cm³/mol. The first-order valence-electron chi connectivity index (χ1n) is 4.96. The molecule has 0 amide bonds. The van der Waals surface area contributed by atoms with Crippen molar-refractivity contribution in [3.8, 4) is 5.75 Å². The second kappa shape index (κ2) is 6.48. The van der Waals surface area contributed by atoms with Gasteiger partial charge in [-0.3, -0.25) is 0 Å². The van der Waals surface area contributed by atoms with E-state index in [4.69, 9.17) is 9.84 Å². The lowest BCUT2D eigenvalue weighted by Gasteiger charge is -2.19. The second-order valence-electron chi connectivity index (χ2n) is 3.41. The first-order chi connectivity index (χ1) is 8.06. The number of para-hydroxylation sites is 1. The summed E-state index contributed by atoms with van der Waals surface area (Å²) in [5.41, 5.74) is 0.343. The Balaban J connectivity index is 2.87. The molecule has 0 aliphatic rings. The van der Waals surface area contributed by atoms with Crippen molar-refractivity contribution in [2.45, 2.75) is 12.2 Å². The standard InChI is InChI=1S/C11H14O5S/c12-8(6-17)11(15)7-3-1-2-4-9(7)16-5-10(13)14/h1-4,8,11-12,15,17H,5-6H2,(H,13,14). The van der Waals surface area contributed by atoms with Gasteiger partial charge in [-0.1, -0.05) is 18.2 Å². The highest BCUT2D eigenvalue weighted by molar-refractivity contribution is 7.80. The van der Waals surface area contributed by atoms with Crippen LogP contribution in [-0.4, -0.2) is 39.8 Å². The Labute approximate surface area is 104 Å². The van der Waals surface area contributed by atoms with Crippen LogP contribution in [0.1, 0.15) is 11.7 Å². The first kappa shape index (κ1) is 13.8.